The lowest BCUT2D eigenvalue weighted by molar-refractivity contribution is 0.102. The maximum absolute atomic E-state index is 12.5. The van der Waals surface area contributed by atoms with Crippen molar-refractivity contribution in [1.82, 2.24) is 14.7 Å². The zero-order chi connectivity index (χ0) is 21.1. The molecule has 2 heterocycles. The van der Waals surface area contributed by atoms with Gasteiger partial charge >= 0.3 is 0 Å². The van der Waals surface area contributed by atoms with Crippen molar-refractivity contribution in [3.8, 4) is 0 Å². The van der Waals surface area contributed by atoms with Crippen molar-refractivity contribution in [2.24, 2.45) is 7.05 Å². The molecule has 1 saturated heterocycles. The number of rotatable bonds is 5. The van der Waals surface area contributed by atoms with E-state index in [4.69, 9.17) is 5.73 Å². The van der Waals surface area contributed by atoms with Crippen LogP contribution in [-0.4, -0.2) is 33.7 Å². The lowest BCUT2D eigenvalue weighted by atomic mass is 9.89. The summed E-state index contributed by atoms with van der Waals surface area (Å²) in [5.74, 6) is 0.402. The van der Waals surface area contributed by atoms with E-state index < -0.39 is 0 Å². The van der Waals surface area contributed by atoms with Crippen molar-refractivity contribution in [3.63, 3.8) is 0 Å². The molecule has 0 aliphatic carbocycles. The highest BCUT2D eigenvalue weighted by Crippen LogP contribution is 2.29. The molecule has 1 fully saturated rings. The van der Waals surface area contributed by atoms with Crippen molar-refractivity contribution in [3.05, 3.63) is 77.1 Å². The van der Waals surface area contributed by atoms with Gasteiger partial charge in [-0.3, -0.25) is 14.4 Å². The number of amides is 1. The number of anilines is 2. The van der Waals surface area contributed by atoms with Gasteiger partial charge in [-0.1, -0.05) is 24.3 Å². The minimum absolute atomic E-state index is 0.138. The number of piperidine rings is 1. The van der Waals surface area contributed by atoms with Crippen molar-refractivity contribution < 1.29 is 4.79 Å². The second-order valence-corrected chi connectivity index (χ2v) is 8.13. The fourth-order valence-electron chi connectivity index (χ4n) is 4.18. The summed E-state index contributed by atoms with van der Waals surface area (Å²) in [5.41, 5.74) is 11.5. The third kappa shape index (κ3) is 4.54. The third-order valence-corrected chi connectivity index (χ3v) is 5.95. The quantitative estimate of drug-likeness (QED) is 0.633. The van der Waals surface area contributed by atoms with Crippen LogP contribution < -0.4 is 11.1 Å². The number of hydrogen-bond acceptors (Lipinski definition) is 4. The second-order valence-electron chi connectivity index (χ2n) is 8.13. The number of likely N-dealkylation sites (tertiary alicyclic amines) is 1. The molecule has 1 aromatic heterocycles. The van der Waals surface area contributed by atoms with Gasteiger partial charge in [0.1, 0.15) is 0 Å². The standard InChI is InChI=1S/C24H29N5O/c1-17-21(15-28(2)27-17)16-29-13-11-19(12-14-29)18-7-9-20(10-8-18)24(30)26-23-6-4-3-5-22(23)25/h3-10,15,19H,11-14,16,25H2,1-2H3,(H,26,30). The Morgan fingerprint density at radius 3 is 2.47 bits per heavy atom. The lowest BCUT2D eigenvalue weighted by Gasteiger charge is -2.32. The summed E-state index contributed by atoms with van der Waals surface area (Å²) in [4.78, 5) is 15.0. The van der Waals surface area contributed by atoms with Crippen LogP contribution >= 0.6 is 0 Å². The van der Waals surface area contributed by atoms with Crippen LogP contribution in [0.15, 0.2) is 54.7 Å². The summed E-state index contributed by atoms with van der Waals surface area (Å²) >= 11 is 0. The second kappa shape index (κ2) is 8.71. The van der Waals surface area contributed by atoms with E-state index in [0.29, 0.717) is 22.9 Å². The van der Waals surface area contributed by atoms with E-state index in [1.807, 2.05) is 42.1 Å². The van der Waals surface area contributed by atoms with Crippen molar-refractivity contribution in [1.29, 1.82) is 0 Å². The number of hydrogen-bond donors (Lipinski definition) is 2. The number of nitrogens with zero attached hydrogens (tertiary/aromatic N) is 3. The molecule has 6 heteroatoms. The minimum atomic E-state index is -0.138. The molecule has 0 radical (unpaired) electrons. The predicted molar refractivity (Wildman–Crippen MR) is 120 cm³/mol. The van der Waals surface area contributed by atoms with Crippen LogP contribution in [0.1, 0.15) is 45.9 Å². The third-order valence-electron chi connectivity index (χ3n) is 5.95. The molecule has 156 valence electrons. The first-order valence-corrected chi connectivity index (χ1v) is 10.5. The summed E-state index contributed by atoms with van der Waals surface area (Å²) in [6.45, 7) is 5.20. The highest BCUT2D eigenvalue weighted by Gasteiger charge is 2.22. The number of benzene rings is 2. The van der Waals surface area contributed by atoms with Gasteiger partial charge in [0.25, 0.3) is 5.91 Å². The molecule has 3 N–H and O–H groups in total. The summed E-state index contributed by atoms with van der Waals surface area (Å²) in [7, 11) is 1.97. The van der Waals surface area contributed by atoms with Crippen molar-refractivity contribution >= 4 is 17.3 Å². The average molecular weight is 404 g/mol. The molecule has 3 aromatic rings. The number of aryl methyl sites for hydroxylation is 2. The fraction of sp³-hybridized carbons (Fsp3) is 0.333. The van der Waals surface area contributed by atoms with E-state index >= 15 is 0 Å². The maximum atomic E-state index is 12.5. The Kier molecular flexibility index (Phi) is 5.86. The molecule has 1 aliphatic rings. The van der Waals surface area contributed by atoms with Gasteiger partial charge in [-0.2, -0.15) is 5.10 Å². The Labute approximate surface area is 177 Å². The maximum Gasteiger partial charge on any atom is 0.255 e. The minimum Gasteiger partial charge on any atom is -0.397 e. The molecule has 0 saturated carbocycles. The van der Waals surface area contributed by atoms with Crippen molar-refractivity contribution in [2.45, 2.75) is 32.2 Å². The van der Waals surface area contributed by atoms with E-state index in [0.717, 1.165) is 38.2 Å². The zero-order valence-electron chi connectivity index (χ0n) is 17.6. The summed E-state index contributed by atoms with van der Waals surface area (Å²) in [5, 5.41) is 7.33. The van der Waals surface area contributed by atoms with Gasteiger partial charge in [0, 0.05) is 30.9 Å². The van der Waals surface area contributed by atoms with Crippen LogP contribution in [0, 0.1) is 6.92 Å². The van der Waals surface area contributed by atoms with Gasteiger partial charge in [0.2, 0.25) is 0 Å². The van der Waals surface area contributed by atoms with Gasteiger partial charge in [-0.15, -0.1) is 0 Å². The number of aromatic nitrogens is 2. The summed E-state index contributed by atoms with van der Waals surface area (Å²) in [6, 6.07) is 15.3. The monoisotopic (exact) mass is 403 g/mol. The lowest BCUT2D eigenvalue weighted by Crippen LogP contribution is -2.32. The summed E-state index contributed by atoms with van der Waals surface area (Å²) in [6.07, 6.45) is 4.38. The molecule has 6 nitrogen and oxygen atoms in total. The molecule has 2 aromatic carbocycles. The van der Waals surface area contributed by atoms with Gasteiger partial charge in [0.05, 0.1) is 17.1 Å². The molecule has 0 unspecified atom stereocenters. The number of nitrogens with one attached hydrogen (secondary N) is 1. The van der Waals surface area contributed by atoms with Gasteiger partial charge in [0.15, 0.2) is 0 Å². The number of para-hydroxylation sites is 2. The largest absolute Gasteiger partial charge is 0.397 e. The molecule has 1 aliphatic heterocycles. The van der Waals surface area contributed by atoms with Crippen LogP contribution in [0.25, 0.3) is 0 Å². The highest BCUT2D eigenvalue weighted by molar-refractivity contribution is 6.05. The van der Waals surface area contributed by atoms with Gasteiger partial charge in [-0.05, 0) is 68.6 Å². The Balaban J connectivity index is 1.33. The molecule has 0 spiro atoms. The highest BCUT2D eigenvalue weighted by atomic mass is 16.1. The number of carbonyl (C=O) groups excluding carboxylic acids is 1. The normalized spacial score (nSPS) is 15.3. The molecular weight excluding hydrogens is 374 g/mol. The first kappa shape index (κ1) is 20.2. The molecule has 1 amide bonds. The Hall–Kier alpha value is -3.12. The smallest absolute Gasteiger partial charge is 0.255 e. The predicted octanol–water partition coefficient (Wildman–Crippen LogP) is 3.94. The Bertz CT molecular complexity index is 1020. The zero-order valence-corrected chi connectivity index (χ0v) is 17.6. The van der Waals surface area contributed by atoms with E-state index in [1.165, 1.54) is 11.1 Å². The first-order chi connectivity index (χ1) is 14.5. The molecular formula is C24H29N5O. The Morgan fingerprint density at radius 2 is 1.83 bits per heavy atom. The van der Waals surface area contributed by atoms with E-state index in [1.54, 1.807) is 6.07 Å². The first-order valence-electron chi connectivity index (χ1n) is 10.5. The summed E-state index contributed by atoms with van der Waals surface area (Å²) < 4.78 is 1.89. The van der Waals surface area contributed by atoms with Crippen LogP contribution in [0.5, 0.6) is 0 Å². The molecule has 30 heavy (non-hydrogen) atoms. The van der Waals surface area contributed by atoms with Crippen LogP contribution in [-0.2, 0) is 13.6 Å². The topological polar surface area (TPSA) is 76.2 Å². The number of carbonyl (C=O) groups is 1. The average Bonchev–Trinajstić information content (AvgIpc) is 3.07. The Morgan fingerprint density at radius 1 is 1.13 bits per heavy atom. The van der Waals surface area contributed by atoms with Crippen LogP contribution in [0.3, 0.4) is 0 Å². The fourth-order valence-corrected chi connectivity index (χ4v) is 4.18. The van der Waals surface area contributed by atoms with Crippen LogP contribution in [0.2, 0.25) is 0 Å². The number of nitrogen functional groups attached to an aromatic ring is 1. The molecule has 0 bridgehead atoms. The van der Waals surface area contributed by atoms with Crippen LogP contribution in [0.4, 0.5) is 11.4 Å². The van der Waals surface area contributed by atoms with Gasteiger partial charge in [-0.25, -0.2) is 0 Å². The molecule has 0 atom stereocenters. The van der Waals surface area contributed by atoms with E-state index in [2.05, 4.69) is 40.6 Å². The van der Waals surface area contributed by atoms with Gasteiger partial charge < -0.3 is 11.1 Å². The van der Waals surface area contributed by atoms with E-state index in [-0.39, 0.29) is 5.91 Å². The van der Waals surface area contributed by atoms with E-state index in [9.17, 15) is 4.79 Å². The molecule has 4 rings (SSSR count). The SMILES string of the molecule is Cc1nn(C)cc1CN1CCC(c2ccc(C(=O)Nc3ccccc3N)cc2)CC1. The van der Waals surface area contributed by atoms with Crippen molar-refractivity contribution in [2.75, 3.05) is 24.1 Å². The number of nitrogens with two attached hydrogens (primary N) is 1.